The lowest BCUT2D eigenvalue weighted by atomic mass is 10.1. The van der Waals surface area contributed by atoms with Crippen molar-refractivity contribution in [2.24, 2.45) is 0 Å². The van der Waals surface area contributed by atoms with E-state index in [1.54, 1.807) is 0 Å². The van der Waals surface area contributed by atoms with Gasteiger partial charge in [-0.15, -0.1) is 0 Å². The van der Waals surface area contributed by atoms with E-state index >= 15 is 0 Å². The van der Waals surface area contributed by atoms with Gasteiger partial charge in [-0.25, -0.2) is 4.98 Å². The molecule has 1 amide bonds. The summed E-state index contributed by atoms with van der Waals surface area (Å²) >= 11 is 0. The van der Waals surface area contributed by atoms with Gasteiger partial charge in [0.25, 0.3) is 5.91 Å². The van der Waals surface area contributed by atoms with Crippen molar-refractivity contribution >= 4 is 11.6 Å². The minimum absolute atomic E-state index is 0.0180. The van der Waals surface area contributed by atoms with Crippen molar-refractivity contribution in [3.63, 3.8) is 0 Å². The van der Waals surface area contributed by atoms with E-state index in [0.717, 1.165) is 22.5 Å². The molecule has 3 aromatic rings. The lowest BCUT2D eigenvalue weighted by molar-refractivity contribution is 0.0682. The SMILES string of the molecule is Cc1nc2c(C)cccn2c1C(=O)N(Cc1ccccc1)C(C)C. The third kappa shape index (κ3) is 2.92. The number of pyridine rings is 1. The van der Waals surface area contributed by atoms with Gasteiger partial charge in [0, 0.05) is 18.8 Å². The minimum atomic E-state index is 0.0180. The standard InChI is InChI=1S/C20H23N3O/c1-14(2)23(13-17-10-6-5-7-11-17)20(24)18-16(4)21-19-15(3)9-8-12-22(18)19/h5-12,14H,13H2,1-4H3. The molecule has 0 N–H and O–H groups in total. The number of aryl methyl sites for hydroxylation is 2. The van der Waals surface area contributed by atoms with Crippen LogP contribution in [0.5, 0.6) is 0 Å². The van der Waals surface area contributed by atoms with Gasteiger partial charge in [-0.1, -0.05) is 36.4 Å². The van der Waals surface area contributed by atoms with Gasteiger partial charge in [0.05, 0.1) is 5.69 Å². The average molecular weight is 321 g/mol. The second kappa shape index (κ2) is 6.48. The number of carbonyl (C=O) groups excluding carboxylic acids is 1. The van der Waals surface area contributed by atoms with Crippen LogP contribution in [-0.2, 0) is 6.54 Å². The van der Waals surface area contributed by atoms with Gasteiger partial charge >= 0.3 is 0 Å². The number of fused-ring (bicyclic) bond motifs is 1. The highest BCUT2D eigenvalue weighted by molar-refractivity contribution is 5.95. The van der Waals surface area contributed by atoms with Gasteiger partial charge < -0.3 is 4.90 Å². The zero-order chi connectivity index (χ0) is 17.3. The molecule has 0 spiro atoms. The predicted octanol–water partition coefficient (Wildman–Crippen LogP) is 4.00. The molecule has 0 atom stereocenters. The molecule has 0 saturated carbocycles. The maximum Gasteiger partial charge on any atom is 0.273 e. The summed E-state index contributed by atoms with van der Waals surface area (Å²) in [7, 11) is 0. The van der Waals surface area contributed by atoms with Gasteiger partial charge in [0.2, 0.25) is 0 Å². The molecule has 4 heteroatoms. The van der Waals surface area contributed by atoms with Crippen LogP contribution in [-0.4, -0.2) is 26.2 Å². The number of hydrogen-bond donors (Lipinski definition) is 0. The molecule has 1 aromatic carbocycles. The molecule has 4 nitrogen and oxygen atoms in total. The Hall–Kier alpha value is -2.62. The summed E-state index contributed by atoms with van der Waals surface area (Å²) < 4.78 is 1.91. The fourth-order valence-electron chi connectivity index (χ4n) is 2.98. The zero-order valence-electron chi connectivity index (χ0n) is 14.7. The van der Waals surface area contributed by atoms with Crippen molar-refractivity contribution in [1.82, 2.24) is 14.3 Å². The minimum Gasteiger partial charge on any atom is -0.331 e. The van der Waals surface area contributed by atoms with Crippen LogP contribution in [0.1, 0.15) is 41.2 Å². The van der Waals surface area contributed by atoms with Crippen LogP contribution in [0.4, 0.5) is 0 Å². The average Bonchev–Trinajstić information content (AvgIpc) is 2.90. The van der Waals surface area contributed by atoms with Crippen molar-refractivity contribution < 1.29 is 4.79 Å². The van der Waals surface area contributed by atoms with E-state index in [1.807, 2.05) is 85.7 Å². The number of aromatic nitrogens is 2. The van der Waals surface area contributed by atoms with Crippen molar-refractivity contribution in [2.45, 2.75) is 40.3 Å². The van der Waals surface area contributed by atoms with E-state index in [0.29, 0.717) is 12.2 Å². The zero-order valence-corrected chi connectivity index (χ0v) is 14.7. The molecular weight excluding hydrogens is 298 g/mol. The van der Waals surface area contributed by atoms with E-state index in [1.165, 1.54) is 0 Å². The summed E-state index contributed by atoms with van der Waals surface area (Å²) in [6, 6.07) is 14.2. The highest BCUT2D eigenvalue weighted by Crippen LogP contribution is 2.19. The third-order valence-electron chi connectivity index (χ3n) is 4.30. The van der Waals surface area contributed by atoms with Crippen LogP contribution in [0, 0.1) is 13.8 Å². The highest BCUT2D eigenvalue weighted by Gasteiger charge is 2.25. The topological polar surface area (TPSA) is 37.6 Å². The Morgan fingerprint density at radius 3 is 2.50 bits per heavy atom. The fraction of sp³-hybridized carbons (Fsp3) is 0.300. The van der Waals surface area contributed by atoms with E-state index in [-0.39, 0.29) is 11.9 Å². The summed E-state index contributed by atoms with van der Waals surface area (Å²) in [5.74, 6) is 0.0180. The number of carbonyl (C=O) groups is 1. The van der Waals surface area contributed by atoms with Crippen LogP contribution < -0.4 is 0 Å². The molecule has 2 heterocycles. The van der Waals surface area contributed by atoms with Crippen molar-refractivity contribution in [1.29, 1.82) is 0 Å². The first-order chi connectivity index (χ1) is 11.5. The molecule has 0 fully saturated rings. The second-order valence-corrected chi connectivity index (χ2v) is 6.44. The highest BCUT2D eigenvalue weighted by atomic mass is 16.2. The van der Waals surface area contributed by atoms with Crippen LogP contribution in [0.2, 0.25) is 0 Å². The molecule has 0 aliphatic rings. The maximum absolute atomic E-state index is 13.3. The molecule has 2 aromatic heterocycles. The molecule has 24 heavy (non-hydrogen) atoms. The van der Waals surface area contributed by atoms with Gasteiger partial charge in [-0.05, 0) is 44.9 Å². The summed E-state index contributed by atoms with van der Waals surface area (Å²) in [4.78, 5) is 19.8. The van der Waals surface area contributed by atoms with Crippen molar-refractivity contribution in [3.05, 3.63) is 71.2 Å². The summed E-state index contributed by atoms with van der Waals surface area (Å²) in [6.07, 6.45) is 1.91. The molecule has 0 saturated heterocycles. The van der Waals surface area contributed by atoms with Crippen LogP contribution >= 0.6 is 0 Å². The van der Waals surface area contributed by atoms with Crippen LogP contribution in [0.3, 0.4) is 0 Å². The quantitative estimate of drug-likeness (QED) is 0.728. The third-order valence-corrected chi connectivity index (χ3v) is 4.30. The Labute approximate surface area is 142 Å². The Morgan fingerprint density at radius 2 is 1.83 bits per heavy atom. The molecule has 0 bridgehead atoms. The number of benzene rings is 1. The van der Waals surface area contributed by atoms with E-state index in [9.17, 15) is 4.79 Å². The fourth-order valence-corrected chi connectivity index (χ4v) is 2.98. The molecule has 0 aliphatic heterocycles. The number of rotatable bonds is 4. The number of imidazole rings is 1. The molecule has 0 radical (unpaired) electrons. The van der Waals surface area contributed by atoms with Crippen molar-refractivity contribution in [3.8, 4) is 0 Å². The molecule has 0 unspecified atom stereocenters. The summed E-state index contributed by atoms with van der Waals surface area (Å²) in [5.41, 5.74) is 4.47. The molecular formula is C20H23N3O. The van der Waals surface area contributed by atoms with Crippen LogP contribution in [0.25, 0.3) is 5.65 Å². The van der Waals surface area contributed by atoms with Crippen LogP contribution in [0.15, 0.2) is 48.7 Å². The summed E-state index contributed by atoms with van der Waals surface area (Å²) in [5, 5.41) is 0. The predicted molar refractivity (Wildman–Crippen MR) is 96.1 cm³/mol. The first-order valence-corrected chi connectivity index (χ1v) is 8.28. The maximum atomic E-state index is 13.3. The van der Waals surface area contributed by atoms with E-state index < -0.39 is 0 Å². The Kier molecular flexibility index (Phi) is 4.38. The Balaban J connectivity index is 2.02. The first kappa shape index (κ1) is 16.2. The van der Waals surface area contributed by atoms with Gasteiger partial charge in [-0.3, -0.25) is 9.20 Å². The smallest absolute Gasteiger partial charge is 0.273 e. The second-order valence-electron chi connectivity index (χ2n) is 6.44. The van der Waals surface area contributed by atoms with Gasteiger partial charge in [-0.2, -0.15) is 0 Å². The van der Waals surface area contributed by atoms with Crippen molar-refractivity contribution in [2.75, 3.05) is 0 Å². The number of hydrogen-bond acceptors (Lipinski definition) is 2. The Bertz CT molecular complexity index is 865. The van der Waals surface area contributed by atoms with E-state index in [4.69, 9.17) is 0 Å². The lowest BCUT2D eigenvalue weighted by Gasteiger charge is -2.27. The molecule has 124 valence electrons. The monoisotopic (exact) mass is 321 g/mol. The Morgan fingerprint density at radius 1 is 1.12 bits per heavy atom. The van der Waals surface area contributed by atoms with Gasteiger partial charge in [0.15, 0.2) is 0 Å². The normalized spacial score (nSPS) is 11.2. The van der Waals surface area contributed by atoms with Gasteiger partial charge in [0.1, 0.15) is 11.3 Å². The first-order valence-electron chi connectivity index (χ1n) is 8.28. The van der Waals surface area contributed by atoms with E-state index in [2.05, 4.69) is 4.98 Å². The number of nitrogens with zero attached hydrogens (tertiary/aromatic N) is 3. The molecule has 0 aliphatic carbocycles. The lowest BCUT2D eigenvalue weighted by Crippen LogP contribution is -2.37. The molecule has 3 rings (SSSR count). The summed E-state index contributed by atoms with van der Waals surface area (Å²) in [6.45, 7) is 8.60. The number of amides is 1. The largest absolute Gasteiger partial charge is 0.331 e.